The summed E-state index contributed by atoms with van der Waals surface area (Å²) in [5.41, 5.74) is 1.05. The van der Waals surface area contributed by atoms with Gasteiger partial charge in [-0.1, -0.05) is 6.07 Å². The molecule has 1 aromatic rings. The van der Waals surface area contributed by atoms with Gasteiger partial charge < -0.3 is 20.1 Å². The van der Waals surface area contributed by atoms with Gasteiger partial charge in [-0.25, -0.2) is 9.98 Å². The Hall–Kier alpha value is -1.09. The first-order chi connectivity index (χ1) is 11.2. The van der Waals surface area contributed by atoms with Crippen LogP contribution in [0.25, 0.3) is 0 Å². The van der Waals surface area contributed by atoms with E-state index in [-0.39, 0.29) is 30.1 Å². The minimum absolute atomic E-state index is 0. The van der Waals surface area contributed by atoms with Gasteiger partial charge in [-0.2, -0.15) is 0 Å². The fraction of sp³-hybridized carbons (Fsp3) is 0.647. The number of rotatable bonds is 10. The first kappa shape index (κ1) is 22.9. The maximum Gasteiger partial charge on any atom is 0.213 e. The van der Waals surface area contributed by atoms with E-state index in [2.05, 4.69) is 27.5 Å². The lowest BCUT2D eigenvalue weighted by molar-refractivity contribution is 0.145. The minimum atomic E-state index is 0. The largest absolute Gasteiger partial charge is 0.475 e. The smallest absolute Gasteiger partial charge is 0.213 e. The van der Waals surface area contributed by atoms with Crippen molar-refractivity contribution in [2.75, 3.05) is 26.3 Å². The van der Waals surface area contributed by atoms with Crippen molar-refractivity contribution >= 4 is 29.9 Å². The molecule has 1 heterocycles. The first-order valence-corrected chi connectivity index (χ1v) is 8.37. The molecule has 7 heteroatoms. The summed E-state index contributed by atoms with van der Waals surface area (Å²) in [5.74, 6) is 1.46. The van der Waals surface area contributed by atoms with Crippen molar-refractivity contribution in [3.63, 3.8) is 0 Å². The third-order valence-electron chi connectivity index (χ3n) is 2.88. The third-order valence-corrected chi connectivity index (χ3v) is 2.88. The summed E-state index contributed by atoms with van der Waals surface area (Å²) in [6, 6.07) is 3.88. The van der Waals surface area contributed by atoms with Crippen molar-refractivity contribution < 1.29 is 9.47 Å². The molecule has 0 bridgehead atoms. The van der Waals surface area contributed by atoms with Gasteiger partial charge in [0, 0.05) is 38.6 Å². The summed E-state index contributed by atoms with van der Waals surface area (Å²) < 4.78 is 10.9. The molecule has 1 rings (SSSR count). The molecule has 0 saturated heterocycles. The van der Waals surface area contributed by atoms with Gasteiger partial charge in [0.15, 0.2) is 5.96 Å². The number of pyridine rings is 1. The van der Waals surface area contributed by atoms with Crippen LogP contribution in [0, 0.1) is 0 Å². The zero-order chi connectivity index (χ0) is 16.9. The van der Waals surface area contributed by atoms with Crippen LogP contribution >= 0.6 is 24.0 Å². The number of aliphatic imine (C=N–C) groups is 1. The van der Waals surface area contributed by atoms with Crippen molar-refractivity contribution in [3.8, 4) is 5.88 Å². The van der Waals surface area contributed by atoms with E-state index in [1.807, 2.05) is 32.9 Å². The van der Waals surface area contributed by atoms with Crippen molar-refractivity contribution in [3.05, 3.63) is 23.9 Å². The molecule has 0 fully saturated rings. The number of ether oxygens (including phenoxy) is 2. The molecule has 0 aliphatic carbocycles. The van der Waals surface area contributed by atoms with Crippen LogP contribution < -0.4 is 15.4 Å². The van der Waals surface area contributed by atoms with Crippen LogP contribution in [0.2, 0.25) is 0 Å². The van der Waals surface area contributed by atoms with Crippen molar-refractivity contribution in [1.29, 1.82) is 0 Å². The second kappa shape index (κ2) is 14.3. The molecule has 0 aliphatic heterocycles. The van der Waals surface area contributed by atoms with E-state index in [1.54, 1.807) is 6.20 Å². The number of hydrogen-bond donors (Lipinski definition) is 2. The van der Waals surface area contributed by atoms with Crippen molar-refractivity contribution in [1.82, 2.24) is 15.6 Å². The summed E-state index contributed by atoms with van der Waals surface area (Å²) >= 11 is 0. The van der Waals surface area contributed by atoms with Crippen LogP contribution in [0.15, 0.2) is 23.3 Å². The lowest BCUT2D eigenvalue weighted by Gasteiger charge is -2.11. The van der Waals surface area contributed by atoms with E-state index in [1.165, 1.54) is 0 Å². The van der Waals surface area contributed by atoms with E-state index in [0.29, 0.717) is 12.4 Å². The van der Waals surface area contributed by atoms with Gasteiger partial charge in [0.2, 0.25) is 5.88 Å². The molecule has 0 aromatic carbocycles. The van der Waals surface area contributed by atoms with Crippen LogP contribution in [0.3, 0.4) is 0 Å². The molecule has 0 unspecified atom stereocenters. The molecule has 2 N–H and O–H groups in total. The Labute approximate surface area is 162 Å². The molecule has 0 spiro atoms. The highest BCUT2D eigenvalue weighted by molar-refractivity contribution is 14.0. The molecular formula is C17H31IN4O2. The van der Waals surface area contributed by atoms with Gasteiger partial charge in [-0.15, -0.1) is 24.0 Å². The molecule has 1 aromatic heterocycles. The van der Waals surface area contributed by atoms with E-state index in [0.717, 1.165) is 44.2 Å². The van der Waals surface area contributed by atoms with Gasteiger partial charge in [0.1, 0.15) is 0 Å². The fourth-order valence-corrected chi connectivity index (χ4v) is 1.85. The predicted molar refractivity (Wildman–Crippen MR) is 109 cm³/mol. The normalized spacial score (nSPS) is 11.1. The molecule has 0 saturated carbocycles. The summed E-state index contributed by atoms with van der Waals surface area (Å²) in [6.07, 6.45) is 2.90. The molecule has 6 nitrogen and oxygen atoms in total. The maximum atomic E-state index is 5.54. The average molecular weight is 450 g/mol. The van der Waals surface area contributed by atoms with E-state index < -0.39 is 0 Å². The van der Waals surface area contributed by atoms with Crippen LogP contribution in [-0.2, 0) is 11.3 Å². The lowest BCUT2D eigenvalue weighted by atomic mass is 10.3. The number of hydrogen-bond acceptors (Lipinski definition) is 4. The number of nitrogens with zero attached hydrogens (tertiary/aromatic N) is 2. The zero-order valence-corrected chi connectivity index (χ0v) is 17.5. The lowest BCUT2D eigenvalue weighted by Crippen LogP contribution is -2.38. The highest BCUT2D eigenvalue weighted by Gasteiger charge is 2.01. The van der Waals surface area contributed by atoms with Gasteiger partial charge in [0.05, 0.1) is 12.6 Å². The van der Waals surface area contributed by atoms with Crippen LogP contribution in [0.4, 0.5) is 0 Å². The molecule has 0 atom stereocenters. The van der Waals surface area contributed by atoms with Gasteiger partial charge in [-0.05, 0) is 39.7 Å². The van der Waals surface area contributed by atoms with Crippen LogP contribution in [0.5, 0.6) is 5.88 Å². The Morgan fingerprint density at radius 2 is 2.04 bits per heavy atom. The Kier molecular flexibility index (Phi) is 13.6. The highest BCUT2D eigenvalue weighted by atomic mass is 127. The Bertz CT molecular complexity index is 452. The quantitative estimate of drug-likeness (QED) is 0.248. The standard InChI is InChI=1S/C17H30N4O2.HI/c1-5-18-17(19-10-7-11-22-6-2)21-13-15-8-9-16(20-12-15)23-14(3)4;/h8-9,12,14H,5-7,10-11,13H2,1-4H3,(H2,18,19,21);1H. The number of halogens is 1. The van der Waals surface area contributed by atoms with Gasteiger partial charge in [-0.3, -0.25) is 0 Å². The molecule has 24 heavy (non-hydrogen) atoms. The van der Waals surface area contributed by atoms with E-state index >= 15 is 0 Å². The first-order valence-electron chi connectivity index (χ1n) is 8.37. The summed E-state index contributed by atoms with van der Waals surface area (Å²) in [4.78, 5) is 8.85. The van der Waals surface area contributed by atoms with Crippen LogP contribution in [-0.4, -0.2) is 43.4 Å². The zero-order valence-electron chi connectivity index (χ0n) is 15.2. The van der Waals surface area contributed by atoms with Gasteiger partial charge in [0.25, 0.3) is 0 Å². The molecule has 0 aliphatic rings. The summed E-state index contributed by atoms with van der Waals surface area (Å²) in [7, 11) is 0. The highest BCUT2D eigenvalue weighted by Crippen LogP contribution is 2.10. The van der Waals surface area contributed by atoms with E-state index in [9.17, 15) is 0 Å². The second-order valence-corrected chi connectivity index (χ2v) is 5.34. The fourth-order valence-electron chi connectivity index (χ4n) is 1.85. The van der Waals surface area contributed by atoms with Crippen molar-refractivity contribution in [2.45, 2.75) is 46.8 Å². The molecule has 138 valence electrons. The Balaban J connectivity index is 0.00000529. The Morgan fingerprint density at radius 1 is 1.25 bits per heavy atom. The summed E-state index contributed by atoms with van der Waals surface area (Å²) in [6.45, 7) is 11.8. The molecular weight excluding hydrogens is 419 g/mol. The molecule has 0 radical (unpaired) electrons. The second-order valence-electron chi connectivity index (χ2n) is 5.34. The third kappa shape index (κ3) is 10.6. The van der Waals surface area contributed by atoms with Crippen molar-refractivity contribution in [2.24, 2.45) is 4.99 Å². The van der Waals surface area contributed by atoms with E-state index in [4.69, 9.17) is 9.47 Å². The minimum Gasteiger partial charge on any atom is -0.475 e. The SMILES string of the molecule is CCNC(=NCc1ccc(OC(C)C)nc1)NCCCOCC.I. The predicted octanol–water partition coefficient (Wildman–Crippen LogP) is 2.97. The maximum absolute atomic E-state index is 5.54. The number of nitrogens with one attached hydrogen (secondary N) is 2. The number of guanidine groups is 1. The monoisotopic (exact) mass is 450 g/mol. The average Bonchev–Trinajstić information content (AvgIpc) is 2.53. The van der Waals surface area contributed by atoms with Gasteiger partial charge >= 0.3 is 0 Å². The number of aromatic nitrogens is 1. The topological polar surface area (TPSA) is 67.8 Å². The molecule has 0 amide bonds. The summed E-state index contributed by atoms with van der Waals surface area (Å²) in [5, 5.41) is 6.54. The Morgan fingerprint density at radius 3 is 2.62 bits per heavy atom. The van der Waals surface area contributed by atoms with Crippen LogP contribution in [0.1, 0.15) is 39.7 Å².